The number of benzene rings is 1. The fourth-order valence-corrected chi connectivity index (χ4v) is 2.56. The zero-order chi connectivity index (χ0) is 17.7. The molecule has 1 saturated heterocycles. The van der Waals surface area contributed by atoms with Crippen molar-refractivity contribution in [2.24, 2.45) is 0 Å². The first-order valence-electron chi connectivity index (χ1n) is 7.54. The van der Waals surface area contributed by atoms with Gasteiger partial charge in [0.15, 0.2) is 5.43 Å². The summed E-state index contributed by atoms with van der Waals surface area (Å²) in [6, 6.07) is 4.71. The minimum absolute atomic E-state index is 0.0666. The van der Waals surface area contributed by atoms with Crippen molar-refractivity contribution < 1.29 is 18.1 Å². The van der Waals surface area contributed by atoms with Crippen molar-refractivity contribution in [1.82, 2.24) is 0 Å². The Bertz CT molecular complexity index is 872. The van der Waals surface area contributed by atoms with Gasteiger partial charge in [-0.15, -0.1) is 0 Å². The summed E-state index contributed by atoms with van der Waals surface area (Å²) in [6.45, 7) is 7.30. The van der Waals surface area contributed by atoms with E-state index in [0.29, 0.717) is 10.6 Å². The molecule has 0 N–H and O–H groups in total. The van der Waals surface area contributed by atoms with Crippen LogP contribution in [0.2, 0.25) is 5.02 Å². The largest absolute Gasteiger partial charge is 0.525 e. The van der Waals surface area contributed by atoms with Crippen LogP contribution in [0.3, 0.4) is 0 Å². The maximum absolute atomic E-state index is 14.5. The molecule has 1 aliphatic rings. The summed E-state index contributed by atoms with van der Waals surface area (Å²) in [5.41, 5.74) is -1.93. The molecule has 2 aromatic rings. The molecule has 126 valence electrons. The average molecular weight is 351 g/mol. The van der Waals surface area contributed by atoms with E-state index in [-0.39, 0.29) is 16.4 Å². The maximum atomic E-state index is 14.5. The number of hydrogen-bond acceptors (Lipinski definition) is 4. The highest BCUT2D eigenvalue weighted by molar-refractivity contribution is 6.54. The lowest BCUT2D eigenvalue weighted by atomic mass is 9.87. The van der Waals surface area contributed by atoms with Gasteiger partial charge in [-0.1, -0.05) is 11.6 Å². The molecule has 1 aromatic heterocycles. The summed E-state index contributed by atoms with van der Waals surface area (Å²) >= 11 is 5.91. The Kier molecular flexibility index (Phi) is 4.10. The van der Waals surface area contributed by atoms with Crippen LogP contribution in [-0.2, 0) is 9.31 Å². The van der Waals surface area contributed by atoms with Gasteiger partial charge in [0.05, 0.1) is 22.2 Å². The normalized spacial score (nSPS) is 19.9. The van der Waals surface area contributed by atoms with Crippen LogP contribution < -0.4 is 5.43 Å². The SMILES string of the molecule is CC1(C)OB(C(F)=Cc2coc3ccc(Cl)cc3c2=O)OC1(C)C. The first kappa shape index (κ1) is 17.2. The molecule has 0 amide bonds. The van der Waals surface area contributed by atoms with Crippen LogP contribution in [0.25, 0.3) is 17.0 Å². The third-order valence-corrected chi connectivity index (χ3v) is 4.77. The number of halogens is 2. The van der Waals surface area contributed by atoms with E-state index in [2.05, 4.69) is 0 Å². The van der Waals surface area contributed by atoms with Crippen LogP contribution in [0, 0.1) is 0 Å². The van der Waals surface area contributed by atoms with E-state index >= 15 is 0 Å². The third kappa shape index (κ3) is 2.90. The zero-order valence-corrected chi connectivity index (χ0v) is 14.6. The molecule has 0 aliphatic carbocycles. The Hall–Kier alpha value is -1.63. The van der Waals surface area contributed by atoms with E-state index < -0.39 is 24.0 Å². The van der Waals surface area contributed by atoms with Crippen LogP contribution in [0.15, 0.2) is 39.4 Å². The minimum atomic E-state index is -1.16. The highest BCUT2D eigenvalue weighted by Gasteiger charge is 2.53. The summed E-state index contributed by atoms with van der Waals surface area (Å²) < 4.78 is 31.2. The minimum Gasteiger partial charge on any atom is -0.463 e. The van der Waals surface area contributed by atoms with Crippen molar-refractivity contribution in [3.63, 3.8) is 0 Å². The molecule has 3 rings (SSSR count). The van der Waals surface area contributed by atoms with Gasteiger partial charge in [0.1, 0.15) is 17.6 Å². The van der Waals surface area contributed by atoms with Gasteiger partial charge in [0.2, 0.25) is 0 Å². The summed E-state index contributed by atoms with van der Waals surface area (Å²) in [6.07, 6.45) is 2.29. The maximum Gasteiger partial charge on any atom is 0.525 e. The third-order valence-electron chi connectivity index (χ3n) is 4.53. The van der Waals surface area contributed by atoms with Gasteiger partial charge in [-0.05, 0) is 52.0 Å². The average Bonchev–Trinajstić information content (AvgIpc) is 2.71. The lowest BCUT2D eigenvalue weighted by Crippen LogP contribution is -2.41. The van der Waals surface area contributed by atoms with Crippen molar-refractivity contribution in [3.8, 4) is 0 Å². The van der Waals surface area contributed by atoms with Crippen molar-refractivity contribution >= 4 is 35.8 Å². The van der Waals surface area contributed by atoms with E-state index in [1.807, 2.05) is 27.7 Å². The standard InChI is InChI=1S/C17H17BClFO4/c1-16(2)17(3,4)24-18(23-16)14(20)7-10-9-22-13-6-5-11(19)8-12(13)15(10)21/h5-9H,1-4H3. The molecular weight excluding hydrogens is 333 g/mol. The van der Waals surface area contributed by atoms with Gasteiger partial charge >= 0.3 is 7.12 Å². The van der Waals surface area contributed by atoms with Crippen LogP contribution in [-0.4, -0.2) is 18.3 Å². The van der Waals surface area contributed by atoms with E-state index in [9.17, 15) is 9.18 Å². The molecule has 0 bridgehead atoms. The Labute approximate surface area is 144 Å². The van der Waals surface area contributed by atoms with E-state index in [1.54, 1.807) is 12.1 Å². The van der Waals surface area contributed by atoms with Crippen LogP contribution in [0.1, 0.15) is 33.3 Å². The molecule has 2 heterocycles. The van der Waals surface area contributed by atoms with Gasteiger partial charge < -0.3 is 13.7 Å². The predicted octanol–water partition coefficient (Wildman–Crippen LogP) is 4.39. The van der Waals surface area contributed by atoms with Gasteiger partial charge in [-0.25, -0.2) is 4.39 Å². The Balaban J connectivity index is 1.99. The lowest BCUT2D eigenvalue weighted by molar-refractivity contribution is 0.00578. The summed E-state index contributed by atoms with van der Waals surface area (Å²) in [7, 11) is -1.16. The Morgan fingerprint density at radius 3 is 2.46 bits per heavy atom. The second-order valence-corrected chi connectivity index (χ2v) is 7.21. The summed E-state index contributed by atoms with van der Waals surface area (Å²) in [5, 5.41) is 0.695. The molecule has 4 nitrogen and oxygen atoms in total. The monoisotopic (exact) mass is 350 g/mol. The fourth-order valence-electron chi connectivity index (χ4n) is 2.39. The van der Waals surface area contributed by atoms with Crippen molar-refractivity contribution in [2.75, 3.05) is 0 Å². The van der Waals surface area contributed by atoms with Crippen LogP contribution in [0.5, 0.6) is 0 Å². The molecule has 0 radical (unpaired) electrons. The second-order valence-electron chi connectivity index (χ2n) is 6.78. The van der Waals surface area contributed by atoms with Gasteiger partial charge in [-0.3, -0.25) is 4.79 Å². The van der Waals surface area contributed by atoms with Crippen molar-refractivity contribution in [3.05, 3.63) is 51.0 Å². The quantitative estimate of drug-likeness (QED) is 0.754. The smallest absolute Gasteiger partial charge is 0.463 e. The molecule has 24 heavy (non-hydrogen) atoms. The lowest BCUT2D eigenvalue weighted by Gasteiger charge is -2.32. The molecule has 1 fully saturated rings. The topological polar surface area (TPSA) is 48.7 Å². The number of fused-ring (bicyclic) bond motifs is 1. The van der Waals surface area contributed by atoms with Crippen molar-refractivity contribution in [2.45, 2.75) is 38.9 Å². The molecule has 0 spiro atoms. The number of hydrogen-bond donors (Lipinski definition) is 0. The van der Waals surface area contributed by atoms with E-state index in [1.165, 1.54) is 12.3 Å². The Morgan fingerprint density at radius 2 is 1.83 bits per heavy atom. The highest BCUT2D eigenvalue weighted by Crippen LogP contribution is 2.39. The van der Waals surface area contributed by atoms with Gasteiger partial charge in [-0.2, -0.15) is 0 Å². The zero-order valence-electron chi connectivity index (χ0n) is 13.9. The summed E-state index contributed by atoms with van der Waals surface area (Å²) in [5.74, 6) is 0. The second kappa shape index (κ2) is 5.72. The molecule has 0 atom stereocenters. The molecule has 1 aliphatic heterocycles. The molecule has 1 aromatic carbocycles. The summed E-state index contributed by atoms with van der Waals surface area (Å²) in [4.78, 5) is 12.5. The fraction of sp³-hybridized carbons (Fsp3) is 0.353. The first-order chi connectivity index (χ1) is 11.1. The Morgan fingerprint density at radius 1 is 1.21 bits per heavy atom. The van der Waals surface area contributed by atoms with Crippen LogP contribution in [0.4, 0.5) is 4.39 Å². The van der Waals surface area contributed by atoms with Gasteiger partial charge in [0.25, 0.3) is 0 Å². The van der Waals surface area contributed by atoms with Crippen molar-refractivity contribution in [1.29, 1.82) is 0 Å². The van der Waals surface area contributed by atoms with Crippen LogP contribution >= 0.6 is 11.6 Å². The number of rotatable bonds is 2. The first-order valence-corrected chi connectivity index (χ1v) is 7.92. The van der Waals surface area contributed by atoms with Gasteiger partial charge in [0, 0.05) is 5.02 Å². The van der Waals surface area contributed by atoms with E-state index in [4.69, 9.17) is 25.3 Å². The molecular formula is C17H17BClFO4. The predicted molar refractivity (Wildman–Crippen MR) is 92.7 cm³/mol. The highest BCUT2D eigenvalue weighted by atomic mass is 35.5. The molecule has 0 unspecified atom stereocenters. The molecule has 7 heteroatoms. The van der Waals surface area contributed by atoms with E-state index in [0.717, 1.165) is 6.08 Å². The molecule has 0 saturated carbocycles.